The molecule has 2 rings (SSSR count). The number of morpholine rings is 1. The Morgan fingerprint density at radius 2 is 1.05 bits per heavy atom. The number of aromatic nitrogens is 2. The van der Waals surface area contributed by atoms with E-state index in [-0.39, 0.29) is 62.0 Å². The number of ketones is 4. The predicted molar refractivity (Wildman–Crippen MR) is 241 cm³/mol. The monoisotopic (exact) mass is 897 g/mol. The number of ether oxygens (including phenoxy) is 6. The van der Waals surface area contributed by atoms with Gasteiger partial charge in [0.05, 0.1) is 31.5 Å². The molecule has 0 aliphatic carbocycles. The SMILES string of the molecule is CCC(CC)(OC(C)C(=O)C(CC)(CC)OC(C)C(=O)N(C[C@@H](COc1nsnc1N1CCOCC1)OC(CC)(CC)C(=O)C(C)OC(CC)(CC)C(C)=O)C(C)(C)C)C(C)=O. The van der Waals surface area contributed by atoms with Gasteiger partial charge in [-0.15, -0.1) is 4.37 Å². The number of amides is 1. The van der Waals surface area contributed by atoms with Gasteiger partial charge in [-0.1, -0.05) is 55.4 Å². The van der Waals surface area contributed by atoms with E-state index in [1.54, 1.807) is 25.7 Å². The Balaban J connectivity index is 2.61. The third-order valence-electron chi connectivity index (χ3n) is 13.1. The molecule has 0 aromatic carbocycles. The van der Waals surface area contributed by atoms with Crippen molar-refractivity contribution >= 4 is 46.6 Å². The Kier molecular flexibility index (Phi) is 21.3. The van der Waals surface area contributed by atoms with Crippen LogP contribution >= 0.6 is 11.7 Å². The van der Waals surface area contributed by atoms with Crippen molar-refractivity contribution in [3.63, 3.8) is 0 Å². The minimum atomic E-state index is -1.39. The molecule has 1 aromatic rings. The first-order valence-corrected chi connectivity index (χ1v) is 23.7. The molecule has 1 amide bonds. The third-order valence-corrected chi connectivity index (χ3v) is 13.6. The van der Waals surface area contributed by atoms with Gasteiger partial charge in [-0.2, -0.15) is 4.37 Å². The first kappa shape index (κ1) is 55.2. The molecule has 3 unspecified atom stereocenters. The summed E-state index contributed by atoms with van der Waals surface area (Å²) < 4.78 is 47.0. The van der Waals surface area contributed by atoms with Crippen LogP contribution in [0, 0.1) is 0 Å². The van der Waals surface area contributed by atoms with Crippen LogP contribution in [0.1, 0.15) is 162 Å². The molecule has 0 spiro atoms. The van der Waals surface area contributed by atoms with E-state index < -0.39 is 58.3 Å². The van der Waals surface area contributed by atoms with Gasteiger partial charge < -0.3 is 38.2 Å². The molecule has 0 N–H and O–H groups in total. The summed E-state index contributed by atoms with van der Waals surface area (Å²) in [5.74, 6) is -0.483. The lowest BCUT2D eigenvalue weighted by Gasteiger charge is -2.44. The molecular weight excluding hydrogens is 817 g/mol. The van der Waals surface area contributed by atoms with Crippen LogP contribution in [0.4, 0.5) is 5.82 Å². The smallest absolute Gasteiger partial charge is 0.270 e. The Morgan fingerprint density at radius 1 is 0.645 bits per heavy atom. The van der Waals surface area contributed by atoms with E-state index in [4.69, 9.17) is 28.4 Å². The van der Waals surface area contributed by atoms with Gasteiger partial charge in [-0.25, -0.2) is 0 Å². The van der Waals surface area contributed by atoms with Crippen molar-refractivity contribution in [3.05, 3.63) is 0 Å². The lowest BCUT2D eigenvalue weighted by molar-refractivity contribution is -0.188. The number of anilines is 1. The van der Waals surface area contributed by atoms with Gasteiger partial charge >= 0.3 is 0 Å². The highest BCUT2D eigenvalue weighted by Crippen LogP contribution is 2.34. The molecule has 16 heteroatoms. The van der Waals surface area contributed by atoms with Crippen molar-refractivity contribution in [2.45, 2.75) is 215 Å². The van der Waals surface area contributed by atoms with Crippen LogP contribution in [-0.2, 0) is 47.7 Å². The van der Waals surface area contributed by atoms with E-state index in [1.807, 2.05) is 81.1 Å². The molecule has 1 aromatic heterocycles. The van der Waals surface area contributed by atoms with Crippen molar-refractivity contribution in [3.8, 4) is 5.88 Å². The van der Waals surface area contributed by atoms with E-state index in [2.05, 4.69) is 8.75 Å². The highest BCUT2D eigenvalue weighted by molar-refractivity contribution is 6.99. The fourth-order valence-corrected chi connectivity index (χ4v) is 9.04. The number of carbonyl (C=O) groups is 5. The molecule has 0 saturated carbocycles. The van der Waals surface area contributed by atoms with Crippen LogP contribution in [0.15, 0.2) is 0 Å². The van der Waals surface area contributed by atoms with E-state index in [9.17, 15) is 24.0 Å². The Bertz CT molecular complexity index is 1610. The zero-order chi connectivity index (χ0) is 47.3. The van der Waals surface area contributed by atoms with Crippen LogP contribution in [0.3, 0.4) is 0 Å². The van der Waals surface area contributed by atoms with E-state index in [0.717, 1.165) is 11.7 Å². The van der Waals surface area contributed by atoms with Gasteiger partial charge in [-0.05, 0) is 107 Å². The maximum absolute atomic E-state index is 14.8. The molecular formula is C46H80N4O11S. The summed E-state index contributed by atoms with van der Waals surface area (Å²) in [6, 6.07) is 0. The second-order valence-electron chi connectivity index (χ2n) is 17.6. The molecule has 62 heavy (non-hydrogen) atoms. The van der Waals surface area contributed by atoms with Crippen LogP contribution in [0.5, 0.6) is 5.88 Å². The van der Waals surface area contributed by atoms with E-state index in [1.165, 1.54) is 13.8 Å². The topological polar surface area (TPSA) is 173 Å². The zero-order valence-electron chi connectivity index (χ0n) is 40.9. The molecule has 15 nitrogen and oxygen atoms in total. The third kappa shape index (κ3) is 12.9. The van der Waals surface area contributed by atoms with Crippen molar-refractivity contribution in [1.29, 1.82) is 0 Å². The number of rotatable bonds is 29. The average molecular weight is 897 g/mol. The standard InChI is InChI=1S/C46H80N4O11S/c1-17-43(18-2,34(12)51)58-31(9)37(53)45(21-5,22-6)60-33(11)41(55)50(42(14,15)16)29-36(30-57-40-39(47-62-48-40)49-25-27-56-28-26-49)61-46(23-7,24-8)38(54)32(10)59-44(19-3,20-4)35(13)52/h31-33,36H,17-30H2,1-16H3/t31?,32?,33?,36-/m0/s1. The summed E-state index contributed by atoms with van der Waals surface area (Å²) in [6.45, 7) is 30.6. The van der Waals surface area contributed by atoms with Gasteiger partial charge in [-0.3, -0.25) is 24.0 Å². The molecule has 356 valence electrons. The van der Waals surface area contributed by atoms with Crippen LogP contribution in [-0.4, -0.2) is 135 Å². The molecule has 0 radical (unpaired) electrons. The number of nitrogens with zero attached hydrogens (tertiary/aromatic N) is 4. The first-order chi connectivity index (χ1) is 29.0. The highest BCUT2D eigenvalue weighted by atomic mass is 32.1. The summed E-state index contributed by atoms with van der Waals surface area (Å²) >= 11 is 1.02. The van der Waals surface area contributed by atoms with Crippen molar-refractivity contribution < 1.29 is 52.4 Å². The average Bonchev–Trinajstić information content (AvgIpc) is 3.74. The fraction of sp³-hybridized carbons (Fsp3) is 0.848. The van der Waals surface area contributed by atoms with Crippen LogP contribution in [0.2, 0.25) is 0 Å². The van der Waals surface area contributed by atoms with Gasteiger partial charge in [0.2, 0.25) is 5.82 Å². The van der Waals surface area contributed by atoms with Crippen LogP contribution < -0.4 is 9.64 Å². The second-order valence-corrected chi connectivity index (χ2v) is 18.1. The maximum atomic E-state index is 14.8. The molecule has 4 atom stereocenters. The highest BCUT2D eigenvalue weighted by Gasteiger charge is 2.48. The van der Waals surface area contributed by atoms with Crippen LogP contribution in [0.25, 0.3) is 0 Å². The predicted octanol–water partition coefficient (Wildman–Crippen LogP) is 7.53. The van der Waals surface area contributed by atoms with Crippen molar-refractivity contribution in [2.24, 2.45) is 0 Å². The molecule has 1 fully saturated rings. The zero-order valence-corrected chi connectivity index (χ0v) is 41.7. The first-order valence-electron chi connectivity index (χ1n) is 22.9. The largest absolute Gasteiger partial charge is 0.472 e. The van der Waals surface area contributed by atoms with Gasteiger partial charge in [0, 0.05) is 18.6 Å². The normalized spacial score (nSPS) is 16.4. The molecule has 2 heterocycles. The summed E-state index contributed by atoms with van der Waals surface area (Å²) in [5, 5.41) is 0. The summed E-state index contributed by atoms with van der Waals surface area (Å²) in [4.78, 5) is 73.0. The van der Waals surface area contributed by atoms with E-state index >= 15 is 0 Å². The van der Waals surface area contributed by atoms with Gasteiger partial charge in [0.25, 0.3) is 11.8 Å². The van der Waals surface area contributed by atoms with Crippen molar-refractivity contribution in [2.75, 3.05) is 44.4 Å². The maximum Gasteiger partial charge on any atom is 0.270 e. The Hall–Kier alpha value is -2.89. The number of Topliss-reactive ketones (excluding diaryl/α,β-unsaturated/α-hetero) is 4. The molecule has 0 bridgehead atoms. The Labute approximate surface area is 376 Å². The lowest BCUT2D eigenvalue weighted by Crippen LogP contribution is -2.58. The minimum Gasteiger partial charge on any atom is -0.472 e. The molecule has 1 aliphatic rings. The quantitative estimate of drug-likeness (QED) is 0.0772. The number of hydrogen-bond acceptors (Lipinski definition) is 15. The number of carbonyl (C=O) groups excluding carboxylic acids is 5. The second kappa shape index (κ2) is 23.9. The fourth-order valence-electron chi connectivity index (χ4n) is 8.52. The summed E-state index contributed by atoms with van der Waals surface area (Å²) in [5.41, 5.74) is -5.80. The minimum absolute atomic E-state index is 0.0289. The van der Waals surface area contributed by atoms with Gasteiger partial charge in [0.15, 0.2) is 23.1 Å². The summed E-state index contributed by atoms with van der Waals surface area (Å²) in [7, 11) is 0. The lowest BCUT2D eigenvalue weighted by atomic mass is 9.87. The molecule has 1 saturated heterocycles. The van der Waals surface area contributed by atoms with Crippen molar-refractivity contribution in [1.82, 2.24) is 13.6 Å². The van der Waals surface area contributed by atoms with Gasteiger partial charge in [0.1, 0.15) is 53.4 Å². The summed E-state index contributed by atoms with van der Waals surface area (Å²) in [6.07, 6.45) is -1.26. The molecule has 1 aliphatic heterocycles. The number of hydrogen-bond donors (Lipinski definition) is 0. The Morgan fingerprint density at radius 3 is 1.44 bits per heavy atom. The van der Waals surface area contributed by atoms with E-state index in [0.29, 0.717) is 63.7 Å².